The van der Waals surface area contributed by atoms with Gasteiger partial charge in [-0.15, -0.1) is 0 Å². The molecule has 5 heteroatoms. The van der Waals surface area contributed by atoms with Crippen LogP contribution in [0.3, 0.4) is 0 Å². The maximum absolute atomic E-state index is 12.7. The van der Waals surface area contributed by atoms with Crippen LogP contribution in [0.4, 0.5) is 0 Å². The van der Waals surface area contributed by atoms with E-state index >= 15 is 0 Å². The molecule has 28 heavy (non-hydrogen) atoms. The molecule has 2 aliphatic rings. The maximum atomic E-state index is 12.7. The van der Waals surface area contributed by atoms with Crippen LogP contribution in [0.1, 0.15) is 56.6 Å². The van der Waals surface area contributed by atoms with Crippen molar-refractivity contribution in [1.82, 2.24) is 15.1 Å². The number of hydrogen-bond donors (Lipinski definition) is 1. The van der Waals surface area contributed by atoms with Gasteiger partial charge in [-0.1, -0.05) is 43.4 Å². The van der Waals surface area contributed by atoms with Gasteiger partial charge < -0.3 is 10.1 Å². The third-order valence-electron chi connectivity index (χ3n) is 6.37. The quantitative estimate of drug-likeness (QED) is 0.761. The Morgan fingerprint density at radius 1 is 1.14 bits per heavy atom. The van der Waals surface area contributed by atoms with Crippen LogP contribution in [0.5, 0.6) is 5.75 Å². The molecule has 1 saturated carbocycles. The molecule has 3 rings (SSSR count). The molecule has 1 aliphatic heterocycles. The van der Waals surface area contributed by atoms with Gasteiger partial charge in [-0.3, -0.25) is 14.6 Å². The number of nitrogens with one attached hydrogen (secondary N) is 1. The highest BCUT2D eigenvalue weighted by Crippen LogP contribution is 2.22. The Labute approximate surface area is 170 Å². The van der Waals surface area contributed by atoms with Crippen molar-refractivity contribution < 1.29 is 9.53 Å². The first-order valence-electron chi connectivity index (χ1n) is 11.0. The Morgan fingerprint density at radius 3 is 2.46 bits per heavy atom. The van der Waals surface area contributed by atoms with E-state index in [1.165, 1.54) is 36.8 Å². The van der Waals surface area contributed by atoms with Crippen molar-refractivity contribution in [2.45, 2.75) is 71.0 Å². The Hall–Kier alpha value is -1.59. The number of amides is 1. The number of benzene rings is 1. The van der Waals surface area contributed by atoms with Gasteiger partial charge in [-0.05, 0) is 32.8 Å². The molecule has 1 saturated heterocycles. The standard InChI is InChI=1S/C23H37N3O2/c1-18-10-11-22(28-3)20(16-18)17-25-12-14-26(15-13-25)19(2)23(27)24-21-8-6-4-5-7-9-21/h10-11,16,19,21H,4-9,12-15,17H2,1-3H3,(H,24,27)/t19-/m0/s1. The summed E-state index contributed by atoms with van der Waals surface area (Å²) < 4.78 is 5.52. The van der Waals surface area contributed by atoms with E-state index in [2.05, 4.69) is 47.2 Å². The fourth-order valence-corrected chi connectivity index (χ4v) is 4.49. The van der Waals surface area contributed by atoms with Crippen molar-refractivity contribution in [1.29, 1.82) is 0 Å². The molecule has 0 radical (unpaired) electrons. The van der Waals surface area contributed by atoms with Crippen molar-refractivity contribution in [2.24, 2.45) is 0 Å². The summed E-state index contributed by atoms with van der Waals surface area (Å²) in [4.78, 5) is 17.5. The van der Waals surface area contributed by atoms with E-state index in [1.807, 2.05) is 0 Å². The van der Waals surface area contributed by atoms with Gasteiger partial charge in [0.2, 0.25) is 5.91 Å². The lowest BCUT2D eigenvalue weighted by Crippen LogP contribution is -2.54. The molecule has 1 heterocycles. The first-order valence-corrected chi connectivity index (χ1v) is 11.0. The molecular weight excluding hydrogens is 350 g/mol. The van der Waals surface area contributed by atoms with E-state index in [4.69, 9.17) is 4.74 Å². The van der Waals surface area contributed by atoms with Crippen LogP contribution in [-0.4, -0.2) is 61.1 Å². The molecule has 2 fully saturated rings. The minimum Gasteiger partial charge on any atom is -0.496 e. The second-order valence-electron chi connectivity index (χ2n) is 8.50. The van der Waals surface area contributed by atoms with Crippen molar-refractivity contribution in [3.63, 3.8) is 0 Å². The summed E-state index contributed by atoms with van der Waals surface area (Å²) in [5.41, 5.74) is 2.51. The Morgan fingerprint density at radius 2 is 1.82 bits per heavy atom. The van der Waals surface area contributed by atoms with Crippen LogP contribution in [-0.2, 0) is 11.3 Å². The Bertz CT molecular complexity index is 633. The summed E-state index contributed by atoms with van der Waals surface area (Å²) in [6.07, 6.45) is 7.42. The average molecular weight is 388 g/mol. The zero-order valence-corrected chi connectivity index (χ0v) is 17.9. The summed E-state index contributed by atoms with van der Waals surface area (Å²) in [6, 6.07) is 6.70. The zero-order chi connectivity index (χ0) is 19.9. The third-order valence-corrected chi connectivity index (χ3v) is 6.37. The highest BCUT2D eigenvalue weighted by atomic mass is 16.5. The number of rotatable bonds is 6. The van der Waals surface area contributed by atoms with Gasteiger partial charge in [0.1, 0.15) is 5.75 Å². The first-order chi connectivity index (χ1) is 13.6. The van der Waals surface area contributed by atoms with Crippen LogP contribution in [0, 0.1) is 6.92 Å². The van der Waals surface area contributed by atoms with Crippen LogP contribution in [0.25, 0.3) is 0 Å². The van der Waals surface area contributed by atoms with Crippen molar-refractivity contribution >= 4 is 5.91 Å². The normalized spacial score (nSPS) is 21.1. The van der Waals surface area contributed by atoms with Gasteiger partial charge in [0.05, 0.1) is 13.2 Å². The van der Waals surface area contributed by atoms with Crippen LogP contribution in [0.15, 0.2) is 18.2 Å². The SMILES string of the molecule is COc1ccc(C)cc1CN1CCN([C@@H](C)C(=O)NC2CCCCCC2)CC1. The molecule has 0 unspecified atom stereocenters. The fraction of sp³-hybridized carbons (Fsp3) is 0.696. The predicted octanol–water partition coefficient (Wildman–Crippen LogP) is 3.35. The number of hydrogen-bond acceptors (Lipinski definition) is 4. The van der Waals surface area contributed by atoms with Gasteiger partial charge in [-0.25, -0.2) is 0 Å². The number of piperazine rings is 1. The largest absolute Gasteiger partial charge is 0.496 e. The molecule has 1 aromatic rings. The lowest BCUT2D eigenvalue weighted by molar-refractivity contribution is -0.127. The van der Waals surface area contributed by atoms with Gasteiger partial charge in [0.15, 0.2) is 0 Å². The number of aryl methyl sites for hydroxylation is 1. The predicted molar refractivity (Wildman–Crippen MR) is 114 cm³/mol. The molecule has 1 aromatic carbocycles. The van der Waals surface area contributed by atoms with E-state index in [9.17, 15) is 4.79 Å². The second-order valence-corrected chi connectivity index (χ2v) is 8.50. The highest BCUT2D eigenvalue weighted by molar-refractivity contribution is 5.81. The molecule has 1 N–H and O–H groups in total. The van der Waals surface area contributed by atoms with Gasteiger partial charge in [0.25, 0.3) is 0 Å². The summed E-state index contributed by atoms with van der Waals surface area (Å²) in [7, 11) is 1.74. The van der Waals surface area contributed by atoms with Crippen molar-refractivity contribution in [3.05, 3.63) is 29.3 Å². The summed E-state index contributed by atoms with van der Waals surface area (Å²) in [5.74, 6) is 1.17. The van der Waals surface area contributed by atoms with Crippen molar-refractivity contribution in [3.8, 4) is 5.75 Å². The average Bonchev–Trinajstić information content (AvgIpc) is 2.97. The number of ether oxygens (including phenoxy) is 1. The Kier molecular flexibility index (Phi) is 7.74. The number of carbonyl (C=O) groups excluding carboxylic acids is 1. The lowest BCUT2D eigenvalue weighted by Gasteiger charge is -2.38. The molecule has 156 valence electrons. The van der Waals surface area contributed by atoms with Crippen LogP contribution in [0.2, 0.25) is 0 Å². The lowest BCUT2D eigenvalue weighted by atomic mass is 10.1. The number of carbonyl (C=O) groups is 1. The maximum Gasteiger partial charge on any atom is 0.237 e. The minimum absolute atomic E-state index is 0.0427. The molecule has 5 nitrogen and oxygen atoms in total. The van der Waals surface area contributed by atoms with Gasteiger partial charge in [0, 0.05) is 44.3 Å². The molecule has 0 aromatic heterocycles. The van der Waals surface area contributed by atoms with Crippen LogP contribution < -0.4 is 10.1 Å². The van der Waals surface area contributed by atoms with Crippen molar-refractivity contribution in [2.75, 3.05) is 33.3 Å². The van der Waals surface area contributed by atoms with E-state index in [0.717, 1.165) is 51.3 Å². The summed E-state index contributed by atoms with van der Waals surface area (Å²) >= 11 is 0. The molecule has 0 spiro atoms. The van der Waals surface area contributed by atoms with E-state index in [1.54, 1.807) is 7.11 Å². The van der Waals surface area contributed by atoms with Gasteiger partial charge >= 0.3 is 0 Å². The minimum atomic E-state index is -0.0427. The zero-order valence-electron chi connectivity index (χ0n) is 17.9. The van der Waals surface area contributed by atoms with E-state index in [0.29, 0.717) is 6.04 Å². The topological polar surface area (TPSA) is 44.8 Å². The molecule has 1 aliphatic carbocycles. The highest BCUT2D eigenvalue weighted by Gasteiger charge is 2.27. The van der Waals surface area contributed by atoms with Gasteiger partial charge in [-0.2, -0.15) is 0 Å². The molecule has 1 amide bonds. The van der Waals surface area contributed by atoms with Crippen LogP contribution >= 0.6 is 0 Å². The second kappa shape index (κ2) is 10.3. The number of methoxy groups -OCH3 is 1. The third kappa shape index (κ3) is 5.71. The monoisotopic (exact) mass is 387 g/mol. The smallest absolute Gasteiger partial charge is 0.237 e. The number of nitrogens with zero attached hydrogens (tertiary/aromatic N) is 2. The fourth-order valence-electron chi connectivity index (χ4n) is 4.49. The van der Waals surface area contributed by atoms with E-state index < -0.39 is 0 Å². The first kappa shape index (κ1) is 21.1. The molecule has 0 bridgehead atoms. The molecular formula is C23H37N3O2. The Balaban J connectivity index is 1.47. The molecule has 1 atom stereocenters. The van der Waals surface area contributed by atoms with E-state index in [-0.39, 0.29) is 11.9 Å². The summed E-state index contributed by atoms with van der Waals surface area (Å²) in [6.45, 7) is 8.93. The summed E-state index contributed by atoms with van der Waals surface area (Å²) in [5, 5.41) is 3.32.